The molecule has 0 saturated heterocycles. The molecule has 0 spiro atoms. The van der Waals surface area contributed by atoms with Crippen LogP contribution in [0.25, 0.3) is 0 Å². The van der Waals surface area contributed by atoms with Gasteiger partial charge in [0.05, 0.1) is 22.2 Å². The number of nitriles is 1. The van der Waals surface area contributed by atoms with E-state index in [1.807, 2.05) is 6.07 Å². The van der Waals surface area contributed by atoms with Crippen molar-refractivity contribution >= 4 is 23.5 Å². The summed E-state index contributed by atoms with van der Waals surface area (Å²) in [5.41, 5.74) is 0.661. The number of nitrogens with zero attached hydrogens (tertiary/aromatic N) is 1. The molecule has 0 fully saturated rings. The third kappa shape index (κ3) is 3.75. The van der Waals surface area contributed by atoms with Crippen LogP contribution in [0.15, 0.2) is 18.2 Å². The quantitative estimate of drug-likeness (QED) is 0.620. The van der Waals surface area contributed by atoms with Crippen molar-refractivity contribution in [3.8, 4) is 6.07 Å². The van der Waals surface area contributed by atoms with Crippen molar-refractivity contribution in [1.29, 1.82) is 5.26 Å². The van der Waals surface area contributed by atoms with Crippen LogP contribution in [-0.4, -0.2) is 11.9 Å². The van der Waals surface area contributed by atoms with Crippen LogP contribution >= 0.6 is 11.6 Å². The molecule has 0 amide bonds. The Hall–Kier alpha value is -2.06. The largest absolute Gasteiger partial charge is 0.421 e. The van der Waals surface area contributed by atoms with Crippen LogP contribution in [0.1, 0.15) is 31.3 Å². The molecule has 5 nitrogen and oxygen atoms in total. The fourth-order valence-electron chi connectivity index (χ4n) is 1.24. The van der Waals surface area contributed by atoms with E-state index in [0.29, 0.717) is 11.1 Å². The molecular weight excluding hydrogens is 258 g/mol. The lowest BCUT2D eigenvalue weighted by Crippen LogP contribution is -2.15. The van der Waals surface area contributed by atoms with E-state index in [-0.39, 0.29) is 5.02 Å². The van der Waals surface area contributed by atoms with Crippen molar-refractivity contribution in [3.05, 3.63) is 34.3 Å². The lowest BCUT2D eigenvalue weighted by atomic mass is 10.1. The van der Waals surface area contributed by atoms with Gasteiger partial charge in [0.2, 0.25) is 0 Å². The number of halogens is 1. The van der Waals surface area contributed by atoms with Gasteiger partial charge in [-0.2, -0.15) is 5.26 Å². The Balaban J connectivity index is 3.08. The lowest BCUT2D eigenvalue weighted by Gasteiger charge is -2.17. The lowest BCUT2D eigenvalue weighted by molar-refractivity contribution is -0.186. The Morgan fingerprint density at radius 1 is 1.28 bits per heavy atom. The van der Waals surface area contributed by atoms with Crippen molar-refractivity contribution in [1.82, 2.24) is 0 Å². The van der Waals surface area contributed by atoms with Crippen molar-refractivity contribution in [2.75, 3.05) is 0 Å². The van der Waals surface area contributed by atoms with Crippen LogP contribution in [0.5, 0.6) is 0 Å². The van der Waals surface area contributed by atoms with Crippen LogP contribution in [0.2, 0.25) is 5.02 Å². The summed E-state index contributed by atoms with van der Waals surface area (Å²) in [7, 11) is 0. The first-order valence-electron chi connectivity index (χ1n) is 4.98. The SMILES string of the molecule is CC(=O)OC(OC(C)=O)c1ccc(C#N)cc1Cl. The summed E-state index contributed by atoms with van der Waals surface area (Å²) in [5, 5.41) is 8.89. The van der Waals surface area contributed by atoms with Gasteiger partial charge in [0.25, 0.3) is 6.29 Å². The molecule has 0 bridgehead atoms. The molecule has 94 valence electrons. The second-order valence-electron chi connectivity index (χ2n) is 3.40. The first-order valence-corrected chi connectivity index (χ1v) is 5.36. The number of carbonyl (C=O) groups is 2. The molecule has 0 atom stereocenters. The average Bonchev–Trinajstić information content (AvgIpc) is 2.26. The minimum atomic E-state index is -1.21. The number of benzene rings is 1. The van der Waals surface area contributed by atoms with Gasteiger partial charge in [0, 0.05) is 13.8 Å². The summed E-state index contributed by atoms with van der Waals surface area (Å²) < 4.78 is 9.70. The van der Waals surface area contributed by atoms with E-state index in [2.05, 4.69) is 0 Å². The maximum absolute atomic E-state index is 10.9. The molecule has 1 aromatic rings. The maximum Gasteiger partial charge on any atom is 0.305 e. The van der Waals surface area contributed by atoms with Gasteiger partial charge in [0.1, 0.15) is 0 Å². The molecule has 0 saturated carbocycles. The van der Waals surface area contributed by atoms with Crippen LogP contribution < -0.4 is 0 Å². The molecule has 1 rings (SSSR count). The second-order valence-corrected chi connectivity index (χ2v) is 3.81. The highest BCUT2D eigenvalue weighted by Gasteiger charge is 2.21. The smallest absolute Gasteiger partial charge is 0.305 e. The Labute approximate surface area is 109 Å². The van der Waals surface area contributed by atoms with Gasteiger partial charge < -0.3 is 9.47 Å². The highest BCUT2D eigenvalue weighted by atomic mass is 35.5. The van der Waals surface area contributed by atoms with E-state index in [4.69, 9.17) is 26.3 Å². The summed E-state index contributed by atoms with van der Waals surface area (Å²) >= 11 is 5.94. The van der Waals surface area contributed by atoms with Crippen LogP contribution in [-0.2, 0) is 19.1 Å². The zero-order valence-corrected chi connectivity index (χ0v) is 10.5. The fourth-order valence-corrected chi connectivity index (χ4v) is 1.51. The maximum atomic E-state index is 10.9. The molecule has 18 heavy (non-hydrogen) atoms. The Morgan fingerprint density at radius 2 is 1.83 bits per heavy atom. The number of hydrogen-bond acceptors (Lipinski definition) is 5. The van der Waals surface area contributed by atoms with E-state index in [0.717, 1.165) is 0 Å². The van der Waals surface area contributed by atoms with Gasteiger partial charge >= 0.3 is 11.9 Å². The average molecular weight is 268 g/mol. The number of esters is 2. The number of ether oxygens (including phenoxy) is 2. The topological polar surface area (TPSA) is 76.4 Å². The molecule has 0 N–H and O–H groups in total. The molecule has 0 unspecified atom stereocenters. The van der Waals surface area contributed by atoms with Crippen molar-refractivity contribution in [2.24, 2.45) is 0 Å². The highest BCUT2D eigenvalue weighted by molar-refractivity contribution is 6.31. The predicted octanol–water partition coefficient (Wildman–Crippen LogP) is 2.34. The van der Waals surface area contributed by atoms with E-state index in [9.17, 15) is 9.59 Å². The molecule has 1 aromatic carbocycles. The zero-order chi connectivity index (χ0) is 13.7. The van der Waals surface area contributed by atoms with Gasteiger partial charge in [-0.05, 0) is 18.2 Å². The predicted molar refractivity (Wildman–Crippen MR) is 62.4 cm³/mol. The van der Waals surface area contributed by atoms with E-state index < -0.39 is 18.2 Å². The van der Waals surface area contributed by atoms with Gasteiger partial charge in [-0.1, -0.05) is 11.6 Å². The fraction of sp³-hybridized carbons (Fsp3) is 0.250. The van der Waals surface area contributed by atoms with Gasteiger partial charge in [0.15, 0.2) is 0 Å². The first-order chi connectivity index (χ1) is 8.43. The van der Waals surface area contributed by atoms with E-state index >= 15 is 0 Å². The monoisotopic (exact) mass is 267 g/mol. The normalized spacial score (nSPS) is 9.72. The molecule has 0 aliphatic carbocycles. The van der Waals surface area contributed by atoms with Gasteiger partial charge in [-0.3, -0.25) is 9.59 Å². The summed E-state index contributed by atoms with van der Waals surface area (Å²) in [6.07, 6.45) is -1.21. The molecular formula is C12H10ClNO4. The minimum Gasteiger partial charge on any atom is -0.421 e. The molecule has 0 aliphatic heterocycles. The van der Waals surface area contributed by atoms with Crippen molar-refractivity contribution in [3.63, 3.8) is 0 Å². The highest BCUT2D eigenvalue weighted by Crippen LogP contribution is 2.28. The van der Waals surface area contributed by atoms with Crippen LogP contribution in [0.4, 0.5) is 0 Å². The summed E-state index contributed by atoms with van der Waals surface area (Å²) in [4.78, 5) is 21.9. The molecule has 0 heterocycles. The Bertz CT molecular complexity index is 505. The first kappa shape index (κ1) is 14.0. The second kappa shape index (κ2) is 6.03. The zero-order valence-electron chi connectivity index (χ0n) is 9.77. The third-order valence-electron chi connectivity index (χ3n) is 1.93. The molecule has 0 aromatic heterocycles. The number of hydrogen-bond donors (Lipinski definition) is 0. The minimum absolute atomic E-state index is 0.182. The Morgan fingerprint density at radius 3 is 2.22 bits per heavy atom. The molecule has 6 heteroatoms. The van der Waals surface area contributed by atoms with Crippen molar-refractivity contribution < 1.29 is 19.1 Å². The number of carbonyl (C=O) groups excluding carboxylic acids is 2. The summed E-state index contributed by atoms with van der Waals surface area (Å²) in [6, 6.07) is 6.27. The van der Waals surface area contributed by atoms with E-state index in [1.165, 1.54) is 32.0 Å². The molecule has 0 radical (unpaired) electrons. The Kier molecular flexibility index (Phi) is 4.69. The van der Waals surface area contributed by atoms with Gasteiger partial charge in [-0.15, -0.1) is 0 Å². The summed E-state index contributed by atoms with van der Waals surface area (Å²) in [5.74, 6) is -1.22. The van der Waals surface area contributed by atoms with Crippen molar-refractivity contribution in [2.45, 2.75) is 20.1 Å². The van der Waals surface area contributed by atoms with E-state index in [1.54, 1.807) is 0 Å². The number of rotatable bonds is 3. The van der Waals surface area contributed by atoms with Crippen LogP contribution in [0.3, 0.4) is 0 Å². The standard InChI is InChI=1S/C12H10ClNO4/c1-7(15)17-12(18-8(2)16)10-4-3-9(6-14)5-11(10)13/h3-5,12H,1-2H3. The van der Waals surface area contributed by atoms with Gasteiger partial charge in [-0.25, -0.2) is 0 Å². The third-order valence-corrected chi connectivity index (χ3v) is 2.26. The summed E-state index contributed by atoms with van der Waals surface area (Å²) in [6.45, 7) is 2.38. The molecule has 0 aliphatic rings. The van der Waals surface area contributed by atoms with Crippen LogP contribution in [0, 0.1) is 11.3 Å².